The highest BCUT2D eigenvalue weighted by molar-refractivity contribution is 5.94. The van der Waals surface area contributed by atoms with E-state index < -0.39 is 0 Å². The van der Waals surface area contributed by atoms with E-state index in [0.29, 0.717) is 30.4 Å². The number of aromatic nitrogens is 2. The Morgan fingerprint density at radius 3 is 2.70 bits per heavy atom. The van der Waals surface area contributed by atoms with Gasteiger partial charge in [0.1, 0.15) is 6.10 Å². The number of nitrogens with zero attached hydrogens (tertiary/aromatic N) is 4. The Kier molecular flexibility index (Phi) is 4.41. The molecule has 1 saturated heterocycles. The second-order valence-electron chi connectivity index (χ2n) is 5.73. The van der Waals surface area contributed by atoms with Crippen molar-refractivity contribution in [3.63, 3.8) is 0 Å². The normalized spacial score (nSPS) is 17.1. The van der Waals surface area contributed by atoms with Crippen LogP contribution >= 0.6 is 0 Å². The number of rotatable bonds is 4. The summed E-state index contributed by atoms with van der Waals surface area (Å²) < 4.78 is 5.97. The van der Waals surface area contributed by atoms with Crippen molar-refractivity contribution in [1.29, 1.82) is 0 Å². The van der Waals surface area contributed by atoms with Gasteiger partial charge in [0.15, 0.2) is 5.82 Å². The van der Waals surface area contributed by atoms with Gasteiger partial charge >= 0.3 is 0 Å². The summed E-state index contributed by atoms with van der Waals surface area (Å²) in [7, 11) is 3.80. The van der Waals surface area contributed by atoms with Crippen molar-refractivity contribution in [3.8, 4) is 5.88 Å². The molecule has 1 aliphatic heterocycles. The molecule has 2 aromatic rings. The van der Waals surface area contributed by atoms with Gasteiger partial charge in [-0.1, -0.05) is 18.2 Å². The zero-order valence-corrected chi connectivity index (χ0v) is 13.3. The van der Waals surface area contributed by atoms with Crippen LogP contribution in [0.2, 0.25) is 0 Å². The molecule has 2 heterocycles. The van der Waals surface area contributed by atoms with Gasteiger partial charge in [0.2, 0.25) is 0 Å². The third-order valence-electron chi connectivity index (χ3n) is 3.80. The van der Waals surface area contributed by atoms with E-state index in [1.165, 1.54) is 0 Å². The molecule has 0 saturated carbocycles. The van der Waals surface area contributed by atoms with Crippen LogP contribution in [0.25, 0.3) is 0 Å². The Labute approximate surface area is 135 Å². The summed E-state index contributed by atoms with van der Waals surface area (Å²) in [5.74, 6) is 1.25. The molecule has 6 heteroatoms. The molecule has 23 heavy (non-hydrogen) atoms. The summed E-state index contributed by atoms with van der Waals surface area (Å²) in [5, 5.41) is 0. The maximum atomic E-state index is 12.5. The number of benzene rings is 1. The average molecular weight is 312 g/mol. The molecular weight excluding hydrogens is 292 g/mol. The van der Waals surface area contributed by atoms with Crippen LogP contribution in [0, 0.1) is 0 Å². The predicted octanol–water partition coefficient (Wildman–Crippen LogP) is 1.84. The largest absolute Gasteiger partial charge is 0.470 e. The van der Waals surface area contributed by atoms with Crippen LogP contribution in [0.1, 0.15) is 16.8 Å². The van der Waals surface area contributed by atoms with Gasteiger partial charge in [0, 0.05) is 45.0 Å². The highest BCUT2D eigenvalue weighted by Gasteiger charge is 2.29. The standard InChI is InChI=1S/C17H20N4O2/c1-20(2)15-16(19-10-9-18-15)23-14-8-11-21(12-14)17(22)13-6-4-3-5-7-13/h3-7,9-10,14H,8,11-12H2,1-2H3. The second-order valence-corrected chi connectivity index (χ2v) is 5.73. The van der Waals surface area contributed by atoms with Gasteiger partial charge in [-0.3, -0.25) is 4.79 Å². The molecule has 3 rings (SSSR count). The molecule has 1 fully saturated rings. The zero-order valence-electron chi connectivity index (χ0n) is 13.3. The first-order valence-electron chi connectivity index (χ1n) is 7.64. The highest BCUT2D eigenvalue weighted by Crippen LogP contribution is 2.24. The molecule has 0 bridgehead atoms. The smallest absolute Gasteiger partial charge is 0.257 e. The number of carbonyl (C=O) groups excluding carboxylic acids is 1. The van der Waals surface area contributed by atoms with E-state index in [1.54, 1.807) is 12.4 Å². The molecule has 120 valence electrons. The molecule has 1 atom stereocenters. The van der Waals surface area contributed by atoms with Gasteiger partial charge in [-0.2, -0.15) is 0 Å². The SMILES string of the molecule is CN(C)c1nccnc1OC1CCN(C(=O)c2ccccc2)C1. The van der Waals surface area contributed by atoms with Crippen LogP contribution in [-0.4, -0.2) is 54.1 Å². The lowest BCUT2D eigenvalue weighted by molar-refractivity contribution is 0.0771. The van der Waals surface area contributed by atoms with Crippen LogP contribution in [0.5, 0.6) is 5.88 Å². The molecule has 1 amide bonds. The van der Waals surface area contributed by atoms with Crippen LogP contribution in [-0.2, 0) is 0 Å². The minimum Gasteiger partial charge on any atom is -0.470 e. The van der Waals surface area contributed by atoms with E-state index in [0.717, 1.165) is 6.42 Å². The Bertz CT molecular complexity index is 675. The Balaban J connectivity index is 1.66. The average Bonchev–Trinajstić information content (AvgIpc) is 3.04. The van der Waals surface area contributed by atoms with E-state index in [4.69, 9.17) is 4.74 Å². The number of likely N-dealkylation sites (tertiary alicyclic amines) is 1. The van der Waals surface area contributed by atoms with Crippen LogP contribution in [0.4, 0.5) is 5.82 Å². The van der Waals surface area contributed by atoms with Gasteiger partial charge in [0.05, 0.1) is 6.54 Å². The number of carbonyl (C=O) groups is 1. The Morgan fingerprint density at radius 2 is 1.96 bits per heavy atom. The first kappa shape index (κ1) is 15.3. The van der Waals surface area contributed by atoms with E-state index in [1.807, 2.05) is 54.2 Å². The lowest BCUT2D eigenvalue weighted by atomic mass is 10.2. The summed E-state index contributed by atoms with van der Waals surface area (Å²) in [6.45, 7) is 1.26. The number of hydrogen-bond acceptors (Lipinski definition) is 5. The minimum atomic E-state index is -0.0573. The fourth-order valence-corrected chi connectivity index (χ4v) is 2.64. The quantitative estimate of drug-likeness (QED) is 0.862. The lowest BCUT2D eigenvalue weighted by Gasteiger charge is -2.19. The zero-order chi connectivity index (χ0) is 16.2. The number of hydrogen-bond donors (Lipinski definition) is 0. The molecule has 1 aromatic heterocycles. The first-order valence-corrected chi connectivity index (χ1v) is 7.64. The molecule has 0 spiro atoms. The summed E-state index contributed by atoms with van der Waals surface area (Å²) in [5.41, 5.74) is 0.710. The van der Waals surface area contributed by atoms with Crippen molar-refractivity contribution < 1.29 is 9.53 Å². The number of anilines is 1. The topological polar surface area (TPSA) is 58.6 Å². The molecule has 0 N–H and O–H groups in total. The maximum Gasteiger partial charge on any atom is 0.257 e. The van der Waals surface area contributed by atoms with E-state index in [2.05, 4.69) is 9.97 Å². The third kappa shape index (κ3) is 3.41. The van der Waals surface area contributed by atoms with Gasteiger partial charge in [-0.05, 0) is 12.1 Å². The monoisotopic (exact) mass is 312 g/mol. The summed E-state index contributed by atoms with van der Waals surface area (Å²) in [6.07, 6.45) is 3.99. The second kappa shape index (κ2) is 6.64. The lowest BCUT2D eigenvalue weighted by Crippen LogP contribution is -2.31. The maximum absolute atomic E-state index is 12.5. The molecule has 1 unspecified atom stereocenters. The van der Waals surface area contributed by atoms with Gasteiger partial charge in [0.25, 0.3) is 11.8 Å². The molecule has 0 aliphatic carbocycles. The van der Waals surface area contributed by atoms with Crippen molar-refractivity contribution in [2.24, 2.45) is 0 Å². The van der Waals surface area contributed by atoms with Crippen molar-refractivity contribution >= 4 is 11.7 Å². The summed E-state index contributed by atoms with van der Waals surface area (Å²) in [6, 6.07) is 9.33. The first-order chi connectivity index (χ1) is 11.1. The molecule has 6 nitrogen and oxygen atoms in total. The van der Waals surface area contributed by atoms with Gasteiger partial charge in [-0.15, -0.1) is 0 Å². The number of ether oxygens (including phenoxy) is 1. The summed E-state index contributed by atoms with van der Waals surface area (Å²) in [4.78, 5) is 24.7. The van der Waals surface area contributed by atoms with Crippen molar-refractivity contribution in [2.45, 2.75) is 12.5 Å². The van der Waals surface area contributed by atoms with Gasteiger partial charge in [-0.25, -0.2) is 9.97 Å². The van der Waals surface area contributed by atoms with Crippen LogP contribution in [0.3, 0.4) is 0 Å². The van der Waals surface area contributed by atoms with Crippen LogP contribution < -0.4 is 9.64 Å². The van der Waals surface area contributed by atoms with Crippen molar-refractivity contribution in [1.82, 2.24) is 14.9 Å². The van der Waals surface area contributed by atoms with Crippen molar-refractivity contribution in [3.05, 3.63) is 48.3 Å². The molecule has 0 radical (unpaired) electrons. The highest BCUT2D eigenvalue weighted by atomic mass is 16.5. The predicted molar refractivity (Wildman–Crippen MR) is 87.7 cm³/mol. The van der Waals surface area contributed by atoms with E-state index in [9.17, 15) is 4.79 Å². The molecular formula is C17H20N4O2. The van der Waals surface area contributed by atoms with Crippen LogP contribution in [0.15, 0.2) is 42.7 Å². The number of amides is 1. The molecule has 1 aliphatic rings. The molecule has 1 aromatic carbocycles. The van der Waals surface area contributed by atoms with E-state index >= 15 is 0 Å². The minimum absolute atomic E-state index is 0.0451. The fourth-order valence-electron chi connectivity index (χ4n) is 2.64. The van der Waals surface area contributed by atoms with Gasteiger partial charge < -0.3 is 14.5 Å². The summed E-state index contributed by atoms with van der Waals surface area (Å²) >= 11 is 0. The Morgan fingerprint density at radius 1 is 1.22 bits per heavy atom. The van der Waals surface area contributed by atoms with E-state index in [-0.39, 0.29) is 12.0 Å². The fraction of sp³-hybridized carbons (Fsp3) is 0.353. The third-order valence-corrected chi connectivity index (χ3v) is 3.80. The Hall–Kier alpha value is -2.63. The van der Waals surface area contributed by atoms with Crippen molar-refractivity contribution in [2.75, 3.05) is 32.1 Å².